The number of hydrogen-bond donors (Lipinski definition) is 4. The Balaban J connectivity index is 0.766. The van der Waals surface area contributed by atoms with Gasteiger partial charge >= 0.3 is 0 Å². The number of carbonyl (C=O) groups is 5. The van der Waals surface area contributed by atoms with E-state index in [1.165, 1.54) is 12.8 Å². The number of piperidine rings is 1. The number of imide groups is 2. The Morgan fingerprint density at radius 1 is 0.933 bits per heavy atom. The molecule has 1 aliphatic carbocycles. The average Bonchev–Trinajstić information content (AvgIpc) is 4.10. The minimum Gasteiger partial charge on any atom is -0.369 e. The van der Waals surface area contributed by atoms with Crippen LogP contribution in [0.3, 0.4) is 0 Å². The van der Waals surface area contributed by atoms with Gasteiger partial charge in [0, 0.05) is 86.0 Å². The molecule has 5 amide bonds. The maximum Gasteiger partial charge on any atom is 0.262 e. The standard InChI is InChI=1S/C43H44N12O5/c44-15-13-34(26-3-1-2-4-26)54-25-28(24-47-54)37-32-14-16-45-38(32)51-43(50-37)48-29-7-5-27(6-8-29)39(57)46-17-18-52-19-21-53(22-20-52)30-9-10-31-33(23-30)42(60)55(41(31)59)35-11-12-36(56)49-40(35)58/h5-10,14,16,23-26,34-35H,1-4,11-13,17-22H2,(H,46,57)(H,49,56,58)(H2,45,48,50,51)/t34-,35?/m0/s1. The van der Waals surface area contributed by atoms with Crippen molar-refractivity contribution < 1.29 is 24.0 Å². The third-order valence-electron chi connectivity index (χ3n) is 12.2. The summed E-state index contributed by atoms with van der Waals surface area (Å²) in [6.45, 7) is 3.99. The van der Waals surface area contributed by atoms with Crippen LogP contribution in [0.5, 0.6) is 0 Å². The number of nitriles is 1. The fourth-order valence-corrected chi connectivity index (χ4v) is 8.92. The molecule has 2 saturated heterocycles. The van der Waals surface area contributed by atoms with Crippen molar-refractivity contribution in [2.45, 2.75) is 57.0 Å². The van der Waals surface area contributed by atoms with Crippen LogP contribution >= 0.6 is 0 Å². The van der Waals surface area contributed by atoms with Crippen molar-refractivity contribution in [2.24, 2.45) is 5.92 Å². The van der Waals surface area contributed by atoms with Gasteiger partial charge in [-0.15, -0.1) is 0 Å². The number of H-pyrrole nitrogens is 1. The van der Waals surface area contributed by atoms with Crippen LogP contribution in [0.2, 0.25) is 0 Å². The van der Waals surface area contributed by atoms with Gasteiger partial charge in [-0.3, -0.25) is 43.8 Å². The average molecular weight is 809 g/mol. The fraction of sp³-hybridized carbons (Fsp3) is 0.372. The molecular formula is C43H44N12O5. The lowest BCUT2D eigenvalue weighted by molar-refractivity contribution is -0.136. The van der Waals surface area contributed by atoms with Crippen LogP contribution in [0.4, 0.5) is 17.3 Å². The monoisotopic (exact) mass is 808 g/mol. The summed E-state index contributed by atoms with van der Waals surface area (Å²) in [5.41, 5.74) is 4.83. The Labute approximate surface area is 345 Å². The van der Waals surface area contributed by atoms with Crippen molar-refractivity contribution in [3.63, 3.8) is 0 Å². The highest BCUT2D eigenvalue weighted by atomic mass is 16.2. The van der Waals surface area contributed by atoms with E-state index >= 15 is 0 Å². The van der Waals surface area contributed by atoms with E-state index in [4.69, 9.17) is 4.98 Å². The predicted molar refractivity (Wildman–Crippen MR) is 220 cm³/mol. The van der Waals surface area contributed by atoms with Crippen LogP contribution in [0.15, 0.2) is 67.1 Å². The molecule has 0 bridgehead atoms. The summed E-state index contributed by atoms with van der Waals surface area (Å²) >= 11 is 0. The van der Waals surface area contributed by atoms with Crippen molar-refractivity contribution in [1.82, 2.24) is 45.2 Å². The number of anilines is 3. The van der Waals surface area contributed by atoms with Gasteiger partial charge in [-0.2, -0.15) is 15.3 Å². The molecule has 5 aromatic rings. The third kappa shape index (κ3) is 7.57. The zero-order valence-electron chi connectivity index (χ0n) is 32.9. The maximum absolute atomic E-state index is 13.3. The summed E-state index contributed by atoms with van der Waals surface area (Å²) in [5, 5.41) is 23.6. The summed E-state index contributed by atoms with van der Waals surface area (Å²) in [6.07, 6.45) is 10.8. The molecule has 3 fully saturated rings. The van der Waals surface area contributed by atoms with Gasteiger partial charge in [-0.05, 0) is 73.7 Å². The topological polar surface area (TPSA) is 214 Å². The minimum absolute atomic E-state index is 0.0382. The lowest BCUT2D eigenvalue weighted by Gasteiger charge is -2.36. The molecule has 4 N–H and O–H groups in total. The van der Waals surface area contributed by atoms with Gasteiger partial charge in [0.1, 0.15) is 11.7 Å². The third-order valence-corrected chi connectivity index (χ3v) is 12.2. The summed E-state index contributed by atoms with van der Waals surface area (Å²) < 4.78 is 1.93. The SMILES string of the molecule is N#CC[C@@H](C1CCCC1)n1cc(-c2nc(Nc3ccc(C(=O)NCCN4CCN(c5ccc6c(c5)C(=O)N(C5CCC(=O)NC5=O)C6=O)CC4)cc3)nc3[nH]ccc23)cn1. The van der Waals surface area contributed by atoms with E-state index in [1.54, 1.807) is 30.5 Å². The first-order valence-corrected chi connectivity index (χ1v) is 20.5. The second kappa shape index (κ2) is 16.4. The van der Waals surface area contributed by atoms with Gasteiger partial charge in [0.25, 0.3) is 17.7 Å². The van der Waals surface area contributed by atoms with Crippen molar-refractivity contribution in [3.8, 4) is 17.3 Å². The molecule has 1 unspecified atom stereocenters. The molecule has 9 rings (SSSR count). The number of aromatic amines is 1. The minimum atomic E-state index is -1.000. The number of fused-ring (bicyclic) bond motifs is 2. The van der Waals surface area contributed by atoms with Gasteiger partial charge in [0.05, 0.1) is 41.5 Å². The van der Waals surface area contributed by atoms with E-state index in [-0.39, 0.29) is 35.9 Å². The number of aromatic nitrogens is 5. The number of nitrogens with one attached hydrogen (secondary N) is 4. The molecule has 3 aliphatic heterocycles. The van der Waals surface area contributed by atoms with Crippen molar-refractivity contribution >= 4 is 57.9 Å². The summed E-state index contributed by atoms with van der Waals surface area (Å²) in [7, 11) is 0. The summed E-state index contributed by atoms with van der Waals surface area (Å²) in [4.78, 5) is 81.6. The highest BCUT2D eigenvalue weighted by Crippen LogP contribution is 2.37. The van der Waals surface area contributed by atoms with Gasteiger partial charge in [0.2, 0.25) is 17.8 Å². The Hall–Kier alpha value is -6.93. The van der Waals surface area contributed by atoms with Crippen molar-refractivity contribution in [2.75, 3.05) is 49.5 Å². The number of rotatable bonds is 12. The smallest absolute Gasteiger partial charge is 0.262 e. The second-order valence-corrected chi connectivity index (χ2v) is 15.8. The lowest BCUT2D eigenvalue weighted by atomic mass is 9.96. The largest absolute Gasteiger partial charge is 0.369 e. The van der Waals surface area contributed by atoms with Crippen molar-refractivity contribution in [1.29, 1.82) is 5.26 Å². The maximum atomic E-state index is 13.3. The van der Waals surface area contributed by atoms with Crippen LogP contribution in [0, 0.1) is 17.2 Å². The quantitative estimate of drug-likeness (QED) is 0.131. The van der Waals surface area contributed by atoms with Crippen LogP contribution in [0.25, 0.3) is 22.3 Å². The summed E-state index contributed by atoms with van der Waals surface area (Å²) in [6, 6.07) is 15.6. The number of amides is 5. The molecular weight excluding hydrogens is 765 g/mol. The molecule has 3 aromatic heterocycles. The van der Waals surface area contributed by atoms with Crippen LogP contribution in [-0.2, 0) is 9.59 Å². The van der Waals surface area contributed by atoms with Gasteiger partial charge in [-0.1, -0.05) is 12.8 Å². The molecule has 0 spiro atoms. The fourth-order valence-electron chi connectivity index (χ4n) is 8.92. The van der Waals surface area contributed by atoms with Crippen LogP contribution < -0.4 is 20.9 Å². The van der Waals surface area contributed by atoms with Gasteiger partial charge in [0.15, 0.2) is 0 Å². The van der Waals surface area contributed by atoms with E-state index in [0.717, 1.165) is 58.8 Å². The van der Waals surface area contributed by atoms with E-state index in [1.807, 2.05) is 41.3 Å². The Bertz CT molecular complexity index is 2530. The normalized spacial score (nSPS) is 19.1. The molecule has 17 nitrogen and oxygen atoms in total. The highest BCUT2D eigenvalue weighted by Gasteiger charge is 2.45. The lowest BCUT2D eigenvalue weighted by Crippen LogP contribution is -2.54. The molecule has 2 aromatic carbocycles. The zero-order valence-corrected chi connectivity index (χ0v) is 32.9. The molecule has 1 saturated carbocycles. The molecule has 60 heavy (non-hydrogen) atoms. The first-order chi connectivity index (χ1) is 29.2. The van der Waals surface area contributed by atoms with E-state index in [2.05, 4.69) is 46.9 Å². The number of benzene rings is 2. The van der Waals surface area contributed by atoms with Gasteiger partial charge < -0.3 is 20.5 Å². The number of carbonyl (C=O) groups excluding carboxylic acids is 5. The molecule has 17 heteroatoms. The Kier molecular flexibility index (Phi) is 10.5. The molecule has 6 heterocycles. The molecule has 4 aliphatic rings. The zero-order chi connectivity index (χ0) is 41.3. The van der Waals surface area contributed by atoms with Crippen molar-refractivity contribution in [3.05, 3.63) is 83.8 Å². The number of hydrogen-bond acceptors (Lipinski definition) is 12. The first kappa shape index (κ1) is 38.6. The summed E-state index contributed by atoms with van der Waals surface area (Å²) in [5.74, 6) is -1.43. The van der Waals surface area contributed by atoms with E-state index < -0.39 is 29.7 Å². The predicted octanol–water partition coefficient (Wildman–Crippen LogP) is 4.16. The Morgan fingerprint density at radius 2 is 1.72 bits per heavy atom. The number of piperazine rings is 1. The number of nitrogens with zero attached hydrogens (tertiary/aromatic N) is 8. The Morgan fingerprint density at radius 3 is 2.48 bits per heavy atom. The first-order valence-electron chi connectivity index (χ1n) is 20.5. The van der Waals surface area contributed by atoms with E-state index in [9.17, 15) is 29.2 Å². The van der Waals surface area contributed by atoms with Gasteiger partial charge in [-0.25, -0.2) is 4.98 Å². The molecule has 0 radical (unpaired) electrons. The van der Waals surface area contributed by atoms with Crippen LogP contribution in [0.1, 0.15) is 82.1 Å². The van der Waals surface area contributed by atoms with E-state index in [0.29, 0.717) is 55.7 Å². The molecule has 306 valence electrons. The second-order valence-electron chi connectivity index (χ2n) is 15.8. The molecule has 2 atom stereocenters. The highest BCUT2D eigenvalue weighted by molar-refractivity contribution is 6.23. The van der Waals surface area contributed by atoms with Crippen LogP contribution in [-0.4, -0.2) is 109 Å².